The lowest BCUT2D eigenvalue weighted by molar-refractivity contribution is -0.132. The summed E-state index contributed by atoms with van der Waals surface area (Å²) in [4.78, 5) is 0. The van der Waals surface area contributed by atoms with Gasteiger partial charge in [-0.3, -0.25) is 0 Å². The first kappa shape index (κ1) is 14.5. The van der Waals surface area contributed by atoms with Gasteiger partial charge in [-0.25, -0.2) is 0 Å². The summed E-state index contributed by atoms with van der Waals surface area (Å²) >= 11 is 0. The number of hydrogen-bond donors (Lipinski definition) is 1. The number of hydrogen-bond acceptors (Lipinski definition) is 2. The van der Waals surface area contributed by atoms with Crippen molar-refractivity contribution >= 4 is 0 Å². The Kier molecular flexibility index (Phi) is 4.64. The van der Waals surface area contributed by atoms with Gasteiger partial charge in [-0.1, -0.05) is 44.2 Å². The topological polar surface area (TPSA) is 29.5 Å². The van der Waals surface area contributed by atoms with E-state index in [1.165, 1.54) is 5.56 Å². The number of rotatable bonds is 7. The second-order valence-electron chi connectivity index (χ2n) is 5.57. The molecule has 19 heavy (non-hydrogen) atoms. The van der Waals surface area contributed by atoms with E-state index in [0.29, 0.717) is 18.4 Å². The third kappa shape index (κ3) is 2.85. The molecule has 0 amide bonds. The summed E-state index contributed by atoms with van der Waals surface area (Å²) in [6.45, 7) is 6.90. The van der Waals surface area contributed by atoms with Gasteiger partial charge in [0.15, 0.2) is 0 Å². The zero-order valence-electron chi connectivity index (χ0n) is 12.3. The Labute approximate surface area is 116 Å². The number of benzene rings is 1. The molecule has 1 fully saturated rings. The van der Waals surface area contributed by atoms with Gasteiger partial charge in [0.25, 0.3) is 0 Å². The maximum atomic E-state index is 10.7. The second kappa shape index (κ2) is 6.06. The Morgan fingerprint density at radius 2 is 1.84 bits per heavy atom. The molecule has 2 nitrogen and oxygen atoms in total. The van der Waals surface area contributed by atoms with Crippen LogP contribution in [0, 0.1) is 5.92 Å². The van der Waals surface area contributed by atoms with E-state index in [1.807, 2.05) is 13.0 Å². The standard InChI is InChI=1S/C17H26O2/c1-4-17(5-2,19-6-3)16(18)15-12-14(15)13-10-8-7-9-11-13/h7-11,14-16,18H,4-6,12H2,1-3H3. The summed E-state index contributed by atoms with van der Waals surface area (Å²) in [6, 6.07) is 10.5. The zero-order valence-corrected chi connectivity index (χ0v) is 12.3. The first-order valence-corrected chi connectivity index (χ1v) is 7.55. The van der Waals surface area contributed by atoms with Crippen LogP contribution in [0.3, 0.4) is 0 Å². The summed E-state index contributed by atoms with van der Waals surface area (Å²) < 4.78 is 5.93. The van der Waals surface area contributed by atoms with E-state index >= 15 is 0 Å². The van der Waals surface area contributed by atoms with Crippen LogP contribution in [0.2, 0.25) is 0 Å². The summed E-state index contributed by atoms with van der Waals surface area (Å²) in [5.41, 5.74) is 0.993. The van der Waals surface area contributed by atoms with Gasteiger partial charge in [-0.2, -0.15) is 0 Å². The number of aliphatic hydroxyl groups is 1. The first-order valence-electron chi connectivity index (χ1n) is 7.55. The van der Waals surface area contributed by atoms with Crippen molar-refractivity contribution in [2.24, 2.45) is 5.92 Å². The molecule has 0 radical (unpaired) electrons. The molecular weight excluding hydrogens is 236 g/mol. The maximum Gasteiger partial charge on any atom is 0.0937 e. The van der Waals surface area contributed by atoms with Crippen molar-refractivity contribution < 1.29 is 9.84 Å². The molecule has 1 N–H and O–H groups in total. The minimum Gasteiger partial charge on any atom is -0.390 e. The van der Waals surface area contributed by atoms with Gasteiger partial charge in [0.05, 0.1) is 11.7 Å². The molecule has 3 atom stereocenters. The Morgan fingerprint density at radius 1 is 1.21 bits per heavy atom. The molecule has 3 unspecified atom stereocenters. The lowest BCUT2D eigenvalue weighted by atomic mass is 9.86. The first-order chi connectivity index (χ1) is 9.18. The fraction of sp³-hybridized carbons (Fsp3) is 0.647. The van der Waals surface area contributed by atoms with E-state index < -0.39 is 0 Å². The highest BCUT2D eigenvalue weighted by Gasteiger charge is 2.51. The highest BCUT2D eigenvalue weighted by Crippen LogP contribution is 2.52. The molecule has 0 aliphatic heterocycles. The van der Waals surface area contributed by atoms with Crippen molar-refractivity contribution in [2.75, 3.05) is 6.61 Å². The highest BCUT2D eigenvalue weighted by atomic mass is 16.5. The van der Waals surface area contributed by atoms with Crippen LogP contribution in [0.25, 0.3) is 0 Å². The molecule has 1 aromatic rings. The van der Waals surface area contributed by atoms with E-state index in [0.717, 1.165) is 19.3 Å². The minimum absolute atomic E-state index is 0.354. The SMILES string of the molecule is CCOC(CC)(CC)C(O)C1CC1c1ccccc1. The molecule has 0 heterocycles. The number of aliphatic hydroxyl groups excluding tert-OH is 1. The molecule has 0 saturated heterocycles. The zero-order chi connectivity index (χ0) is 13.9. The fourth-order valence-electron chi connectivity index (χ4n) is 3.28. The van der Waals surface area contributed by atoms with Gasteiger partial charge in [0.1, 0.15) is 0 Å². The molecule has 2 heteroatoms. The Morgan fingerprint density at radius 3 is 2.37 bits per heavy atom. The Bertz CT molecular complexity index is 384. The maximum absolute atomic E-state index is 10.7. The molecule has 1 saturated carbocycles. The van der Waals surface area contributed by atoms with Gasteiger partial charge in [0.2, 0.25) is 0 Å². The van der Waals surface area contributed by atoms with Gasteiger partial charge < -0.3 is 9.84 Å². The van der Waals surface area contributed by atoms with Crippen LogP contribution in [0.1, 0.15) is 51.5 Å². The van der Waals surface area contributed by atoms with Crippen LogP contribution < -0.4 is 0 Å². The van der Waals surface area contributed by atoms with Gasteiger partial charge in [0, 0.05) is 6.61 Å². The quantitative estimate of drug-likeness (QED) is 0.811. The van der Waals surface area contributed by atoms with E-state index in [2.05, 4.69) is 38.1 Å². The predicted octanol–water partition coefficient (Wildman–Crippen LogP) is 3.75. The van der Waals surface area contributed by atoms with Crippen molar-refractivity contribution in [3.05, 3.63) is 35.9 Å². The van der Waals surface area contributed by atoms with Crippen molar-refractivity contribution in [1.82, 2.24) is 0 Å². The van der Waals surface area contributed by atoms with Crippen LogP contribution in [0.4, 0.5) is 0 Å². The molecular formula is C17H26O2. The Hall–Kier alpha value is -0.860. The van der Waals surface area contributed by atoms with Crippen LogP contribution >= 0.6 is 0 Å². The van der Waals surface area contributed by atoms with Crippen LogP contribution in [-0.4, -0.2) is 23.4 Å². The summed E-state index contributed by atoms with van der Waals surface area (Å²) in [6.07, 6.45) is 2.47. The number of ether oxygens (including phenoxy) is 1. The van der Waals surface area contributed by atoms with Crippen LogP contribution in [0.15, 0.2) is 30.3 Å². The van der Waals surface area contributed by atoms with E-state index in [-0.39, 0.29) is 11.7 Å². The fourth-order valence-corrected chi connectivity index (χ4v) is 3.28. The third-order valence-corrected chi connectivity index (χ3v) is 4.64. The van der Waals surface area contributed by atoms with Gasteiger partial charge in [-0.15, -0.1) is 0 Å². The second-order valence-corrected chi connectivity index (χ2v) is 5.57. The lowest BCUT2D eigenvalue weighted by Crippen LogP contribution is -2.45. The third-order valence-electron chi connectivity index (χ3n) is 4.64. The van der Waals surface area contributed by atoms with Crippen molar-refractivity contribution in [3.8, 4) is 0 Å². The average Bonchev–Trinajstić information content (AvgIpc) is 3.25. The smallest absolute Gasteiger partial charge is 0.0937 e. The normalized spacial score (nSPS) is 24.2. The van der Waals surface area contributed by atoms with E-state index in [9.17, 15) is 5.11 Å². The Balaban J connectivity index is 2.07. The van der Waals surface area contributed by atoms with E-state index in [4.69, 9.17) is 4.74 Å². The largest absolute Gasteiger partial charge is 0.390 e. The highest BCUT2D eigenvalue weighted by molar-refractivity contribution is 5.27. The molecule has 2 rings (SSSR count). The van der Waals surface area contributed by atoms with Crippen LogP contribution in [0.5, 0.6) is 0 Å². The summed E-state index contributed by atoms with van der Waals surface area (Å²) in [7, 11) is 0. The van der Waals surface area contributed by atoms with Crippen molar-refractivity contribution in [2.45, 2.75) is 57.7 Å². The van der Waals surface area contributed by atoms with Crippen LogP contribution in [-0.2, 0) is 4.74 Å². The minimum atomic E-state index is -0.358. The van der Waals surface area contributed by atoms with Crippen molar-refractivity contribution in [3.63, 3.8) is 0 Å². The molecule has 1 aliphatic carbocycles. The van der Waals surface area contributed by atoms with Gasteiger partial charge in [-0.05, 0) is 43.6 Å². The summed E-state index contributed by atoms with van der Waals surface area (Å²) in [5, 5.41) is 10.7. The van der Waals surface area contributed by atoms with E-state index in [1.54, 1.807) is 0 Å². The molecule has 1 aromatic carbocycles. The van der Waals surface area contributed by atoms with Crippen molar-refractivity contribution in [1.29, 1.82) is 0 Å². The average molecular weight is 262 g/mol. The molecule has 0 aromatic heterocycles. The predicted molar refractivity (Wildman–Crippen MR) is 78.2 cm³/mol. The lowest BCUT2D eigenvalue weighted by Gasteiger charge is -2.36. The monoisotopic (exact) mass is 262 g/mol. The van der Waals surface area contributed by atoms with Gasteiger partial charge >= 0.3 is 0 Å². The molecule has 1 aliphatic rings. The molecule has 106 valence electrons. The molecule has 0 spiro atoms. The summed E-state index contributed by atoms with van der Waals surface area (Å²) in [5.74, 6) is 0.864. The molecule has 0 bridgehead atoms.